The van der Waals surface area contributed by atoms with E-state index < -0.39 is 0 Å². The lowest BCUT2D eigenvalue weighted by Gasteiger charge is -2.23. The molecule has 10 rings (SSSR count). The lowest BCUT2D eigenvalue weighted by molar-refractivity contribution is 0.949. The van der Waals surface area contributed by atoms with Crippen molar-refractivity contribution >= 4 is 33.4 Å². The van der Waals surface area contributed by atoms with Gasteiger partial charge < -0.3 is 9.80 Å². The summed E-state index contributed by atoms with van der Waals surface area (Å²) in [6.45, 7) is 3.89. The Morgan fingerprint density at radius 2 is 0.648 bits per heavy atom. The minimum Gasteiger partial charge on any atom is -0.370 e. The number of pyridine rings is 4. The van der Waals surface area contributed by atoms with E-state index in [9.17, 15) is 0 Å². The van der Waals surface area contributed by atoms with Crippen LogP contribution in [0, 0.1) is 0 Å². The molecule has 0 aliphatic carbocycles. The Balaban J connectivity index is 1.30. The zero-order valence-corrected chi connectivity index (χ0v) is 29.7. The van der Waals surface area contributed by atoms with Crippen molar-refractivity contribution in [2.45, 2.75) is 25.7 Å². The standard InChI is InChI=1S/C44H36N10/c1-5-21-45-31(13-1)39-41(33-15-3-7-23-47-33)51-43-35(53-25-9-10-26-53)19-17-29(37(43)49-39)30-18-20-36(54-27-11-12-28-54)44-38(30)50-40(32-14-2-6-22-46-32)42(52-44)34-16-4-8-24-48-34/h1-8,13-24H,9-12,25-28H2. The molecular formula is C44H36N10. The summed E-state index contributed by atoms with van der Waals surface area (Å²) in [6.07, 6.45) is 11.8. The zero-order chi connectivity index (χ0) is 35.8. The average Bonchev–Trinajstić information content (AvgIpc) is 4.00. The summed E-state index contributed by atoms with van der Waals surface area (Å²) < 4.78 is 0. The summed E-state index contributed by atoms with van der Waals surface area (Å²) in [6, 6.07) is 32.3. The van der Waals surface area contributed by atoms with Gasteiger partial charge in [0.25, 0.3) is 0 Å². The number of aromatic nitrogens is 8. The molecule has 8 heterocycles. The van der Waals surface area contributed by atoms with E-state index in [2.05, 4.69) is 34.1 Å². The summed E-state index contributed by atoms with van der Waals surface area (Å²) in [5, 5.41) is 0. The topological polar surface area (TPSA) is 110 Å². The molecule has 0 spiro atoms. The van der Waals surface area contributed by atoms with E-state index >= 15 is 0 Å². The summed E-state index contributed by atoms with van der Waals surface area (Å²) in [5.41, 5.74) is 12.9. The van der Waals surface area contributed by atoms with E-state index in [4.69, 9.17) is 39.9 Å². The monoisotopic (exact) mass is 704 g/mol. The van der Waals surface area contributed by atoms with Crippen LogP contribution in [-0.2, 0) is 0 Å². The normalized spacial score (nSPS) is 14.4. The molecule has 2 aliphatic heterocycles. The fourth-order valence-electron chi connectivity index (χ4n) is 7.83. The van der Waals surface area contributed by atoms with Gasteiger partial charge in [0.1, 0.15) is 33.8 Å². The molecule has 0 bridgehead atoms. The van der Waals surface area contributed by atoms with Crippen LogP contribution in [-0.4, -0.2) is 66.1 Å². The van der Waals surface area contributed by atoms with Gasteiger partial charge in [-0.15, -0.1) is 0 Å². The van der Waals surface area contributed by atoms with Crippen molar-refractivity contribution in [2.75, 3.05) is 36.0 Å². The summed E-state index contributed by atoms with van der Waals surface area (Å²) >= 11 is 0. The second-order valence-corrected chi connectivity index (χ2v) is 13.7. The van der Waals surface area contributed by atoms with Crippen LogP contribution < -0.4 is 9.80 Å². The summed E-state index contributed by atoms with van der Waals surface area (Å²) in [4.78, 5) is 45.8. The summed E-state index contributed by atoms with van der Waals surface area (Å²) in [5.74, 6) is 0. The van der Waals surface area contributed by atoms with Gasteiger partial charge in [0, 0.05) is 62.1 Å². The predicted octanol–water partition coefficient (Wildman–Crippen LogP) is 8.69. The Bertz CT molecular complexity index is 2420. The van der Waals surface area contributed by atoms with E-state index in [0.717, 1.165) is 119 Å². The third kappa shape index (κ3) is 5.67. The smallest absolute Gasteiger partial charge is 0.117 e. The predicted molar refractivity (Wildman–Crippen MR) is 214 cm³/mol. The number of rotatable bonds is 7. The minimum atomic E-state index is 0.678. The Morgan fingerprint density at radius 1 is 0.333 bits per heavy atom. The fourth-order valence-corrected chi connectivity index (χ4v) is 7.83. The van der Waals surface area contributed by atoms with Gasteiger partial charge >= 0.3 is 0 Å². The maximum Gasteiger partial charge on any atom is 0.117 e. The molecule has 2 aliphatic rings. The van der Waals surface area contributed by atoms with Gasteiger partial charge in [0.05, 0.1) is 45.2 Å². The molecular weight excluding hydrogens is 669 g/mol. The molecule has 2 saturated heterocycles. The Morgan fingerprint density at radius 3 is 0.944 bits per heavy atom. The van der Waals surface area contributed by atoms with Crippen LogP contribution in [0.3, 0.4) is 0 Å². The third-order valence-corrected chi connectivity index (χ3v) is 10.4. The fraction of sp³-hybridized carbons (Fsp3) is 0.182. The zero-order valence-electron chi connectivity index (χ0n) is 29.7. The molecule has 0 saturated carbocycles. The second-order valence-electron chi connectivity index (χ2n) is 13.7. The van der Waals surface area contributed by atoms with Crippen LogP contribution >= 0.6 is 0 Å². The number of nitrogens with zero attached hydrogens (tertiary/aromatic N) is 10. The molecule has 2 fully saturated rings. The van der Waals surface area contributed by atoms with Gasteiger partial charge in [0.2, 0.25) is 0 Å². The first-order valence-electron chi connectivity index (χ1n) is 18.7. The van der Waals surface area contributed by atoms with E-state index in [1.165, 1.54) is 0 Å². The molecule has 10 nitrogen and oxygen atoms in total. The molecule has 2 aromatic carbocycles. The van der Waals surface area contributed by atoms with Crippen molar-refractivity contribution < 1.29 is 0 Å². The van der Waals surface area contributed by atoms with Crippen molar-refractivity contribution in [2.24, 2.45) is 0 Å². The molecule has 8 aromatic rings. The molecule has 0 unspecified atom stereocenters. The average molecular weight is 705 g/mol. The Hall–Kier alpha value is -6.68. The van der Waals surface area contributed by atoms with Crippen molar-refractivity contribution in [3.05, 3.63) is 122 Å². The summed E-state index contributed by atoms with van der Waals surface area (Å²) in [7, 11) is 0. The van der Waals surface area contributed by atoms with E-state index in [0.29, 0.717) is 22.8 Å². The van der Waals surface area contributed by atoms with Crippen LogP contribution in [0.15, 0.2) is 122 Å². The highest BCUT2D eigenvalue weighted by molar-refractivity contribution is 6.08. The molecule has 0 amide bonds. The lowest BCUT2D eigenvalue weighted by Crippen LogP contribution is -2.19. The quantitative estimate of drug-likeness (QED) is 0.160. The highest BCUT2D eigenvalue weighted by atomic mass is 15.2. The molecule has 0 N–H and O–H groups in total. The third-order valence-electron chi connectivity index (χ3n) is 10.4. The van der Waals surface area contributed by atoms with Crippen LogP contribution in [0.1, 0.15) is 25.7 Å². The van der Waals surface area contributed by atoms with Crippen LogP contribution in [0.25, 0.3) is 78.7 Å². The number of fused-ring (bicyclic) bond motifs is 2. The van der Waals surface area contributed by atoms with E-state index in [1.807, 2.05) is 72.8 Å². The molecule has 6 aromatic heterocycles. The Kier molecular flexibility index (Phi) is 8.12. The maximum absolute atomic E-state index is 5.51. The second kappa shape index (κ2) is 13.7. The first kappa shape index (κ1) is 32.0. The first-order chi connectivity index (χ1) is 26.8. The molecule has 0 radical (unpaired) electrons. The lowest BCUT2D eigenvalue weighted by atomic mass is 9.98. The van der Waals surface area contributed by atoms with E-state index in [-0.39, 0.29) is 0 Å². The van der Waals surface area contributed by atoms with Gasteiger partial charge in [-0.05, 0) is 98.5 Å². The van der Waals surface area contributed by atoms with Gasteiger partial charge in [-0.25, -0.2) is 19.9 Å². The number of hydrogen-bond acceptors (Lipinski definition) is 10. The highest BCUT2D eigenvalue weighted by Crippen LogP contribution is 2.43. The van der Waals surface area contributed by atoms with Crippen molar-refractivity contribution in [1.29, 1.82) is 0 Å². The number of hydrogen-bond donors (Lipinski definition) is 0. The SMILES string of the molecule is c1ccc(-c2nc3c(-c4ccc(N5CCCC5)c5nc(-c6ccccn6)c(-c6ccccn6)nc45)ccc(N4CCCC4)c3nc2-c2ccccn2)nc1. The molecule has 54 heavy (non-hydrogen) atoms. The van der Waals surface area contributed by atoms with Gasteiger partial charge in [-0.2, -0.15) is 0 Å². The molecule has 262 valence electrons. The van der Waals surface area contributed by atoms with Gasteiger partial charge in [0.15, 0.2) is 0 Å². The van der Waals surface area contributed by atoms with Gasteiger partial charge in [-0.3, -0.25) is 19.9 Å². The van der Waals surface area contributed by atoms with Crippen LogP contribution in [0.4, 0.5) is 11.4 Å². The largest absolute Gasteiger partial charge is 0.370 e. The molecule has 10 heteroatoms. The highest BCUT2D eigenvalue weighted by Gasteiger charge is 2.27. The minimum absolute atomic E-state index is 0.678. The maximum atomic E-state index is 5.51. The van der Waals surface area contributed by atoms with Crippen LogP contribution in [0.5, 0.6) is 0 Å². The van der Waals surface area contributed by atoms with Gasteiger partial charge in [-0.1, -0.05) is 24.3 Å². The van der Waals surface area contributed by atoms with Crippen molar-refractivity contribution in [3.63, 3.8) is 0 Å². The van der Waals surface area contributed by atoms with E-state index in [1.54, 1.807) is 24.8 Å². The number of anilines is 2. The Labute approximate surface area is 312 Å². The first-order valence-corrected chi connectivity index (χ1v) is 18.7. The molecule has 0 atom stereocenters. The number of benzene rings is 2. The van der Waals surface area contributed by atoms with Crippen molar-refractivity contribution in [3.8, 4) is 56.7 Å². The van der Waals surface area contributed by atoms with Crippen LogP contribution in [0.2, 0.25) is 0 Å². The van der Waals surface area contributed by atoms with Crippen molar-refractivity contribution in [1.82, 2.24) is 39.9 Å².